The highest BCUT2D eigenvalue weighted by molar-refractivity contribution is 6.25. The molecule has 1 atom stereocenters. The Kier molecular flexibility index (Phi) is 14.2. The maximum absolute atomic E-state index is 13.2. The fourth-order valence-corrected chi connectivity index (χ4v) is 7.64. The van der Waals surface area contributed by atoms with Crippen LogP contribution in [0.4, 0.5) is 30.4 Å². The quantitative estimate of drug-likeness (QED) is 0.0583. The summed E-state index contributed by atoms with van der Waals surface area (Å²) in [5.41, 5.74) is 6.23. The van der Waals surface area contributed by atoms with Crippen LogP contribution in [0.5, 0.6) is 0 Å². The molecule has 21 nitrogen and oxygen atoms in total. The molecule has 1 saturated heterocycles. The third kappa shape index (κ3) is 11.1. The second-order valence-electron chi connectivity index (χ2n) is 15.2. The van der Waals surface area contributed by atoms with Gasteiger partial charge >= 0.3 is 6.18 Å². The maximum atomic E-state index is 13.2. The highest BCUT2D eigenvalue weighted by Gasteiger charge is 2.45. The minimum atomic E-state index is -4.46. The van der Waals surface area contributed by atoms with Gasteiger partial charge in [0, 0.05) is 49.1 Å². The largest absolute Gasteiger partial charge is 0.444 e. The Labute approximate surface area is 367 Å². The third-order valence-electron chi connectivity index (χ3n) is 10.8. The van der Waals surface area contributed by atoms with Gasteiger partial charge in [0.1, 0.15) is 24.7 Å². The number of imide groups is 2. The molecule has 24 heteroatoms. The summed E-state index contributed by atoms with van der Waals surface area (Å²) < 4.78 is 56.0. The number of aromatic nitrogens is 4. The first-order valence-corrected chi connectivity index (χ1v) is 20.6. The van der Waals surface area contributed by atoms with Crippen LogP contribution < -0.4 is 32.3 Å². The molecule has 7 N–H and O–H groups in total. The lowest BCUT2D eigenvalue weighted by Gasteiger charge is -2.28. The van der Waals surface area contributed by atoms with Gasteiger partial charge in [0.2, 0.25) is 23.6 Å². The highest BCUT2D eigenvalue weighted by Crippen LogP contribution is 2.34. The minimum absolute atomic E-state index is 0.0270. The average Bonchev–Trinajstić information content (AvgIpc) is 4.01. The van der Waals surface area contributed by atoms with E-state index in [1.807, 2.05) is 0 Å². The van der Waals surface area contributed by atoms with Crippen molar-refractivity contribution in [1.82, 2.24) is 35.3 Å². The molecule has 1 unspecified atom stereocenters. The number of pyridine rings is 1. The summed E-state index contributed by atoms with van der Waals surface area (Å²) in [6.45, 7) is 0.309. The molecule has 7 amide bonds. The maximum Gasteiger partial charge on any atom is 0.405 e. The molecule has 0 radical (unpaired) electrons. The summed E-state index contributed by atoms with van der Waals surface area (Å²) in [5.74, 6) is -4.50. The topological polar surface area (TPSA) is 284 Å². The number of nitrogens with two attached hydrogens (primary N) is 1. The molecular weight excluding hydrogens is 864 g/mol. The molecule has 5 heterocycles. The van der Waals surface area contributed by atoms with Crippen LogP contribution in [0.1, 0.15) is 86.3 Å². The van der Waals surface area contributed by atoms with Crippen molar-refractivity contribution in [3.05, 3.63) is 71.5 Å². The van der Waals surface area contributed by atoms with E-state index in [1.165, 1.54) is 35.3 Å². The number of amides is 7. The predicted octanol–water partition coefficient (Wildman–Crippen LogP) is 2.65. The lowest BCUT2D eigenvalue weighted by Crippen LogP contribution is -2.54. The Hall–Kier alpha value is -7.21. The zero-order chi connectivity index (χ0) is 46.3. The molecule has 65 heavy (non-hydrogen) atoms. The number of hydrogen-bond donors (Lipinski definition) is 6. The van der Waals surface area contributed by atoms with Gasteiger partial charge in [-0.05, 0) is 56.4 Å². The van der Waals surface area contributed by atoms with E-state index in [-0.39, 0.29) is 109 Å². The number of benzene rings is 1. The first-order chi connectivity index (χ1) is 31.2. The molecular formula is C41H44F3N11O10. The summed E-state index contributed by atoms with van der Waals surface area (Å²) in [5, 5.41) is 17.2. The van der Waals surface area contributed by atoms with Crippen LogP contribution in [0, 0.1) is 5.92 Å². The van der Waals surface area contributed by atoms with Gasteiger partial charge in [-0.2, -0.15) is 18.3 Å². The molecule has 7 rings (SSSR count). The Morgan fingerprint density at radius 1 is 0.923 bits per heavy atom. The van der Waals surface area contributed by atoms with Gasteiger partial charge in [0.05, 0.1) is 49.3 Å². The highest BCUT2D eigenvalue weighted by atomic mass is 19.4. The van der Waals surface area contributed by atoms with Crippen LogP contribution in [0.2, 0.25) is 0 Å². The fourth-order valence-electron chi connectivity index (χ4n) is 7.64. The number of oxazole rings is 1. The number of carbonyl (C=O) groups excluding carboxylic acids is 7. The monoisotopic (exact) mass is 907 g/mol. The second-order valence-corrected chi connectivity index (χ2v) is 15.2. The van der Waals surface area contributed by atoms with Crippen molar-refractivity contribution < 1.29 is 60.6 Å². The molecule has 1 aromatic carbocycles. The van der Waals surface area contributed by atoms with Gasteiger partial charge < -0.3 is 40.9 Å². The number of piperidine rings is 1. The van der Waals surface area contributed by atoms with E-state index in [2.05, 4.69) is 41.7 Å². The van der Waals surface area contributed by atoms with Crippen LogP contribution in [-0.4, -0.2) is 124 Å². The van der Waals surface area contributed by atoms with Crippen LogP contribution >= 0.6 is 0 Å². The summed E-state index contributed by atoms with van der Waals surface area (Å²) in [7, 11) is 0. The van der Waals surface area contributed by atoms with Gasteiger partial charge in [-0.15, -0.1) is 0 Å². The zero-order valence-electron chi connectivity index (χ0n) is 34.6. The van der Waals surface area contributed by atoms with Crippen molar-refractivity contribution in [2.45, 2.75) is 56.8 Å². The third-order valence-corrected chi connectivity index (χ3v) is 10.8. The molecule has 344 valence electrons. The number of carbonyl (C=O) groups is 7. The van der Waals surface area contributed by atoms with Crippen molar-refractivity contribution in [2.75, 3.05) is 62.0 Å². The second kappa shape index (κ2) is 20.1. The number of alkyl halides is 3. The number of primary amides is 1. The average molecular weight is 908 g/mol. The lowest BCUT2D eigenvalue weighted by atomic mass is 9.85. The number of rotatable bonds is 19. The Morgan fingerprint density at radius 2 is 1.68 bits per heavy atom. The van der Waals surface area contributed by atoms with Crippen molar-refractivity contribution in [3.8, 4) is 11.5 Å². The molecule has 0 bridgehead atoms. The van der Waals surface area contributed by atoms with Crippen LogP contribution in [0.15, 0.2) is 53.4 Å². The standard InChI is InChI=1S/C41H44F3N11O10/c42-41(43,44)21-49-30-18-23(10-11-47-30)38-51-28(20-65-38)36(59)50-27-19-54(53-33(27)34(45)57)24-6-4-22(5-7-24)35(58)48-13-15-64-17-16-63-14-12-46-26-3-1-2-25-32(26)40(62)55(39(25)61)29-8-9-31(56)52-37(29)60/h1-3,10-11,18-20,22,24,29,46H,4-9,12-17,21H2,(H2,45,57)(H,47,49)(H,48,58)(H,50,59)(H,52,56,60)/t22-,24+,29?. The first kappa shape index (κ1) is 45.8. The molecule has 4 aromatic rings. The van der Waals surface area contributed by atoms with Crippen LogP contribution in [-0.2, 0) is 23.9 Å². The SMILES string of the molecule is NC(=O)c1nn([C@H]2CC[C@@H](C(=O)NCCOCCOCCNc3cccc4c3C(=O)N(C3CCC(=O)NC3=O)C4=O)CC2)cc1NC(=O)c1coc(-c2ccnc(NCC(F)(F)F)c2)n1. The molecule has 0 spiro atoms. The van der Waals surface area contributed by atoms with Crippen LogP contribution in [0.25, 0.3) is 11.5 Å². The summed E-state index contributed by atoms with van der Waals surface area (Å²) >= 11 is 0. The summed E-state index contributed by atoms with van der Waals surface area (Å²) in [6.07, 6.45) is 1.58. The molecule has 3 aromatic heterocycles. The van der Waals surface area contributed by atoms with Crippen molar-refractivity contribution in [3.63, 3.8) is 0 Å². The normalized spacial score (nSPS) is 18.6. The van der Waals surface area contributed by atoms with Gasteiger partial charge in [-0.3, -0.25) is 48.5 Å². The number of halogens is 3. The number of anilines is 3. The zero-order valence-corrected chi connectivity index (χ0v) is 34.6. The molecule has 2 aliphatic heterocycles. The van der Waals surface area contributed by atoms with E-state index in [4.69, 9.17) is 19.6 Å². The summed E-state index contributed by atoms with van der Waals surface area (Å²) in [6, 6.07) is 6.27. The van der Waals surface area contributed by atoms with Gasteiger partial charge in [-0.1, -0.05) is 6.07 Å². The fraction of sp³-hybridized carbons (Fsp3) is 0.415. The van der Waals surface area contributed by atoms with E-state index in [0.29, 0.717) is 37.9 Å². The van der Waals surface area contributed by atoms with Crippen molar-refractivity contribution in [1.29, 1.82) is 0 Å². The Bertz CT molecular complexity index is 2470. The van der Waals surface area contributed by atoms with Gasteiger partial charge in [-0.25, -0.2) is 9.97 Å². The predicted molar refractivity (Wildman–Crippen MR) is 220 cm³/mol. The van der Waals surface area contributed by atoms with E-state index in [9.17, 15) is 46.7 Å². The number of ether oxygens (including phenoxy) is 2. The molecule has 2 fully saturated rings. The smallest absolute Gasteiger partial charge is 0.405 e. The molecule has 1 aliphatic carbocycles. The van der Waals surface area contributed by atoms with Crippen molar-refractivity contribution in [2.24, 2.45) is 11.7 Å². The van der Waals surface area contributed by atoms with Crippen molar-refractivity contribution >= 4 is 58.5 Å². The minimum Gasteiger partial charge on any atom is -0.444 e. The van der Waals surface area contributed by atoms with E-state index in [0.717, 1.165) is 11.2 Å². The summed E-state index contributed by atoms with van der Waals surface area (Å²) in [4.78, 5) is 97.3. The van der Waals surface area contributed by atoms with E-state index < -0.39 is 54.2 Å². The lowest BCUT2D eigenvalue weighted by molar-refractivity contribution is -0.136. The first-order valence-electron chi connectivity index (χ1n) is 20.6. The number of hydrogen-bond acceptors (Lipinski definition) is 15. The Morgan fingerprint density at radius 3 is 2.40 bits per heavy atom. The molecule has 1 saturated carbocycles. The number of nitrogens with one attached hydrogen (secondary N) is 5. The van der Waals surface area contributed by atoms with Crippen LogP contribution in [0.3, 0.4) is 0 Å². The number of fused-ring (bicyclic) bond motifs is 1. The van der Waals surface area contributed by atoms with E-state index >= 15 is 0 Å². The Balaban J connectivity index is 0.785. The van der Waals surface area contributed by atoms with Gasteiger partial charge in [0.15, 0.2) is 11.4 Å². The van der Waals surface area contributed by atoms with E-state index in [1.54, 1.807) is 12.1 Å². The van der Waals surface area contributed by atoms with Gasteiger partial charge in [0.25, 0.3) is 23.6 Å². The molecule has 3 aliphatic rings. The number of nitrogens with zero attached hydrogens (tertiary/aromatic N) is 5.